The van der Waals surface area contributed by atoms with Crippen LogP contribution < -0.4 is 11.2 Å². The normalized spacial score (nSPS) is 27.3. The first-order chi connectivity index (χ1) is 8.65. The van der Waals surface area contributed by atoms with Crippen molar-refractivity contribution in [1.82, 2.24) is 9.55 Å². The molecule has 0 radical (unpaired) electrons. The Morgan fingerprint density at radius 1 is 1.61 bits per heavy atom. The van der Waals surface area contributed by atoms with Gasteiger partial charge in [-0.2, -0.15) is 0 Å². The average molecular weight is 252 g/mol. The molecule has 6 heteroatoms. The number of rotatable bonds is 4. The van der Waals surface area contributed by atoms with E-state index in [1.165, 1.54) is 16.8 Å². The van der Waals surface area contributed by atoms with Crippen molar-refractivity contribution in [3.05, 3.63) is 45.8 Å². The monoisotopic (exact) mass is 252 g/mol. The molecule has 1 aliphatic rings. The van der Waals surface area contributed by atoms with E-state index in [0.29, 0.717) is 12.8 Å². The summed E-state index contributed by atoms with van der Waals surface area (Å²) in [5.41, 5.74) is -0.937. The molecule has 0 aromatic carbocycles. The Labute approximate surface area is 104 Å². The molecule has 0 spiro atoms. The third-order valence-electron chi connectivity index (χ3n) is 3.10. The maximum Gasteiger partial charge on any atom is 0.330 e. The summed E-state index contributed by atoms with van der Waals surface area (Å²) in [5.74, 6) is 0.0725. The molecule has 1 fully saturated rings. The molecule has 1 aromatic rings. The zero-order valence-corrected chi connectivity index (χ0v) is 9.91. The summed E-state index contributed by atoms with van der Waals surface area (Å²) < 4.78 is 6.98. The number of aromatic nitrogens is 2. The standard InChI is InChI=1S/C12H16N2O4/c1-2-3-8-6-9(7-15)18-11(8)14-5-4-10(16)13-12(14)17/h2,4-5,8-9,11,15H,1,3,6-7H2,(H,13,16,17)/t8-,9+,11-/m1/s1. The van der Waals surface area contributed by atoms with Crippen molar-refractivity contribution >= 4 is 0 Å². The molecule has 0 bridgehead atoms. The van der Waals surface area contributed by atoms with Crippen molar-refractivity contribution in [2.75, 3.05) is 6.61 Å². The fourth-order valence-electron chi connectivity index (χ4n) is 2.28. The first-order valence-electron chi connectivity index (χ1n) is 5.84. The van der Waals surface area contributed by atoms with Crippen LogP contribution in [0.1, 0.15) is 19.1 Å². The molecule has 1 saturated heterocycles. The van der Waals surface area contributed by atoms with Crippen LogP contribution in [-0.2, 0) is 4.74 Å². The lowest BCUT2D eigenvalue weighted by atomic mass is 9.99. The van der Waals surface area contributed by atoms with Gasteiger partial charge < -0.3 is 9.84 Å². The zero-order valence-electron chi connectivity index (χ0n) is 9.91. The quantitative estimate of drug-likeness (QED) is 0.739. The summed E-state index contributed by atoms with van der Waals surface area (Å²) in [7, 11) is 0. The van der Waals surface area contributed by atoms with Gasteiger partial charge in [-0.05, 0) is 12.8 Å². The zero-order chi connectivity index (χ0) is 13.1. The molecule has 2 N–H and O–H groups in total. The summed E-state index contributed by atoms with van der Waals surface area (Å²) in [5, 5.41) is 9.13. The van der Waals surface area contributed by atoms with Crippen LogP contribution in [0.5, 0.6) is 0 Å². The predicted octanol–water partition coefficient (Wildman–Crippen LogP) is 0.00870. The molecule has 0 unspecified atom stereocenters. The highest BCUT2D eigenvalue weighted by atomic mass is 16.5. The van der Waals surface area contributed by atoms with Crippen molar-refractivity contribution < 1.29 is 9.84 Å². The fraction of sp³-hybridized carbons (Fsp3) is 0.500. The van der Waals surface area contributed by atoms with Gasteiger partial charge in [0.15, 0.2) is 0 Å². The van der Waals surface area contributed by atoms with Crippen molar-refractivity contribution in [2.24, 2.45) is 5.92 Å². The molecule has 1 aliphatic heterocycles. The number of aliphatic hydroxyl groups excluding tert-OH is 1. The molecule has 98 valence electrons. The lowest BCUT2D eigenvalue weighted by Crippen LogP contribution is -2.33. The highest BCUT2D eigenvalue weighted by Crippen LogP contribution is 2.35. The Hall–Kier alpha value is -1.66. The molecule has 1 aromatic heterocycles. The first-order valence-corrected chi connectivity index (χ1v) is 5.84. The van der Waals surface area contributed by atoms with Gasteiger partial charge in [0.25, 0.3) is 5.56 Å². The molecule has 2 heterocycles. The Morgan fingerprint density at radius 3 is 3.00 bits per heavy atom. The van der Waals surface area contributed by atoms with E-state index in [4.69, 9.17) is 9.84 Å². The predicted molar refractivity (Wildman–Crippen MR) is 65.2 cm³/mol. The van der Waals surface area contributed by atoms with Crippen LogP contribution in [0.2, 0.25) is 0 Å². The highest BCUT2D eigenvalue weighted by molar-refractivity contribution is 4.90. The van der Waals surface area contributed by atoms with Crippen LogP contribution in [0.25, 0.3) is 0 Å². The van der Waals surface area contributed by atoms with Crippen molar-refractivity contribution in [2.45, 2.75) is 25.2 Å². The van der Waals surface area contributed by atoms with Gasteiger partial charge in [-0.15, -0.1) is 6.58 Å². The molecule has 2 rings (SSSR count). The van der Waals surface area contributed by atoms with E-state index in [9.17, 15) is 9.59 Å². The minimum Gasteiger partial charge on any atom is -0.394 e. The second-order valence-corrected chi connectivity index (χ2v) is 4.37. The van der Waals surface area contributed by atoms with E-state index in [1.807, 2.05) is 0 Å². The molecule has 0 aliphatic carbocycles. The molecular weight excluding hydrogens is 236 g/mol. The number of H-pyrrole nitrogens is 1. The van der Waals surface area contributed by atoms with E-state index >= 15 is 0 Å². The molecule has 0 saturated carbocycles. The Balaban J connectivity index is 2.32. The Bertz CT molecular complexity index is 533. The molecule has 18 heavy (non-hydrogen) atoms. The minimum absolute atomic E-state index is 0.0725. The third-order valence-corrected chi connectivity index (χ3v) is 3.10. The number of nitrogens with zero attached hydrogens (tertiary/aromatic N) is 1. The number of hydrogen-bond donors (Lipinski definition) is 2. The maximum absolute atomic E-state index is 11.7. The van der Waals surface area contributed by atoms with Gasteiger partial charge >= 0.3 is 5.69 Å². The fourth-order valence-corrected chi connectivity index (χ4v) is 2.28. The van der Waals surface area contributed by atoms with Gasteiger partial charge in [0, 0.05) is 18.2 Å². The van der Waals surface area contributed by atoms with E-state index in [2.05, 4.69) is 11.6 Å². The van der Waals surface area contributed by atoms with Crippen LogP contribution in [0, 0.1) is 5.92 Å². The number of aromatic amines is 1. The van der Waals surface area contributed by atoms with Crippen LogP contribution in [0.4, 0.5) is 0 Å². The third kappa shape index (κ3) is 2.44. The summed E-state index contributed by atoms with van der Waals surface area (Å²) in [4.78, 5) is 24.9. The Kier molecular flexibility index (Phi) is 3.78. The van der Waals surface area contributed by atoms with Crippen molar-refractivity contribution in [1.29, 1.82) is 0 Å². The SMILES string of the molecule is C=CC[C@@H]1C[C@@H](CO)O[C@H]1n1ccc(=O)[nH]c1=O. The van der Waals surface area contributed by atoms with Gasteiger partial charge in [0.2, 0.25) is 0 Å². The largest absolute Gasteiger partial charge is 0.394 e. The van der Waals surface area contributed by atoms with Crippen LogP contribution >= 0.6 is 0 Å². The first kappa shape index (κ1) is 12.8. The maximum atomic E-state index is 11.7. The van der Waals surface area contributed by atoms with Gasteiger partial charge in [-0.3, -0.25) is 14.3 Å². The number of ether oxygens (including phenoxy) is 1. The molecule has 0 amide bonds. The Morgan fingerprint density at radius 2 is 2.39 bits per heavy atom. The number of nitrogens with one attached hydrogen (secondary N) is 1. The van der Waals surface area contributed by atoms with Crippen molar-refractivity contribution in [3.63, 3.8) is 0 Å². The number of aliphatic hydroxyl groups is 1. The van der Waals surface area contributed by atoms with Gasteiger partial charge in [-0.1, -0.05) is 6.08 Å². The number of hydrogen-bond acceptors (Lipinski definition) is 4. The lowest BCUT2D eigenvalue weighted by Gasteiger charge is -2.19. The van der Waals surface area contributed by atoms with Gasteiger partial charge in [0.1, 0.15) is 6.23 Å². The summed E-state index contributed by atoms with van der Waals surface area (Å²) >= 11 is 0. The van der Waals surface area contributed by atoms with E-state index < -0.39 is 17.5 Å². The second kappa shape index (κ2) is 5.32. The van der Waals surface area contributed by atoms with E-state index in [0.717, 1.165) is 0 Å². The van der Waals surface area contributed by atoms with Crippen LogP contribution in [-0.4, -0.2) is 27.4 Å². The average Bonchev–Trinajstić information content (AvgIpc) is 2.73. The van der Waals surface area contributed by atoms with E-state index in [1.54, 1.807) is 6.08 Å². The summed E-state index contributed by atoms with van der Waals surface area (Å²) in [6, 6.07) is 1.28. The van der Waals surface area contributed by atoms with E-state index in [-0.39, 0.29) is 18.6 Å². The minimum atomic E-state index is -0.500. The topological polar surface area (TPSA) is 84.3 Å². The molecule has 6 nitrogen and oxygen atoms in total. The summed E-state index contributed by atoms with van der Waals surface area (Å²) in [6.45, 7) is 3.60. The summed E-state index contributed by atoms with van der Waals surface area (Å²) in [6.07, 6.45) is 3.79. The van der Waals surface area contributed by atoms with Crippen molar-refractivity contribution in [3.8, 4) is 0 Å². The van der Waals surface area contributed by atoms with Gasteiger partial charge in [0.05, 0.1) is 12.7 Å². The van der Waals surface area contributed by atoms with Crippen LogP contribution in [0.15, 0.2) is 34.5 Å². The van der Waals surface area contributed by atoms with Crippen LogP contribution in [0.3, 0.4) is 0 Å². The molecular formula is C12H16N2O4. The highest BCUT2D eigenvalue weighted by Gasteiger charge is 2.35. The lowest BCUT2D eigenvalue weighted by molar-refractivity contribution is -0.0351. The second-order valence-electron chi connectivity index (χ2n) is 4.37. The smallest absolute Gasteiger partial charge is 0.330 e. The van der Waals surface area contributed by atoms with Gasteiger partial charge in [-0.25, -0.2) is 4.79 Å². The molecule has 3 atom stereocenters. The number of allylic oxidation sites excluding steroid dienone is 1.